The lowest BCUT2D eigenvalue weighted by atomic mass is 10.2. The van der Waals surface area contributed by atoms with Gasteiger partial charge in [0.15, 0.2) is 5.82 Å². The van der Waals surface area contributed by atoms with Gasteiger partial charge in [0.05, 0.1) is 13.2 Å². The predicted molar refractivity (Wildman–Crippen MR) is 98.1 cm³/mol. The molecule has 130 valence electrons. The third-order valence-corrected chi connectivity index (χ3v) is 4.02. The van der Waals surface area contributed by atoms with Gasteiger partial charge in [0, 0.05) is 18.1 Å². The second-order valence-electron chi connectivity index (χ2n) is 5.90. The molecule has 0 aliphatic carbocycles. The fourth-order valence-electron chi connectivity index (χ4n) is 2.31. The highest BCUT2D eigenvalue weighted by atomic mass is 127. The Morgan fingerprint density at radius 1 is 1.40 bits per heavy atom. The topological polar surface area (TPSA) is 98.1 Å². The minimum absolute atomic E-state index is 0.0453. The lowest BCUT2D eigenvalue weighted by Gasteiger charge is -2.11. The van der Waals surface area contributed by atoms with Crippen LogP contribution in [-0.2, 0) is 18.4 Å². The first kappa shape index (κ1) is 17.5. The van der Waals surface area contributed by atoms with Gasteiger partial charge in [-0.05, 0) is 27.6 Å². The number of fused-ring (bicyclic) bond motifs is 1. The molecule has 0 aromatic carbocycles. The molecule has 3 aromatic heterocycles. The van der Waals surface area contributed by atoms with Crippen LogP contribution in [0.2, 0.25) is 0 Å². The Balaban J connectivity index is 1.92. The van der Waals surface area contributed by atoms with Crippen molar-refractivity contribution in [3.63, 3.8) is 0 Å². The van der Waals surface area contributed by atoms with E-state index >= 15 is 0 Å². The Labute approximate surface area is 156 Å². The zero-order valence-electron chi connectivity index (χ0n) is 14.0. The van der Waals surface area contributed by atoms with Gasteiger partial charge in [0.1, 0.15) is 15.8 Å². The van der Waals surface area contributed by atoms with Crippen molar-refractivity contribution in [1.29, 1.82) is 0 Å². The first-order valence-electron chi connectivity index (χ1n) is 7.62. The lowest BCUT2D eigenvalue weighted by Crippen LogP contribution is -2.33. The number of aromatic nitrogens is 6. The molecule has 0 unspecified atom stereocenters. The molecule has 3 aromatic rings. The van der Waals surface area contributed by atoms with Gasteiger partial charge in [0.25, 0.3) is 17.7 Å². The highest BCUT2D eigenvalue weighted by Crippen LogP contribution is 2.13. The maximum absolute atomic E-state index is 12.6. The molecule has 0 spiro atoms. The molecule has 10 heteroatoms. The molecular weight excluding hydrogens is 437 g/mol. The number of rotatable bonds is 4. The van der Waals surface area contributed by atoms with E-state index in [-0.39, 0.29) is 23.9 Å². The van der Waals surface area contributed by atoms with Crippen LogP contribution < -0.4 is 15.4 Å². The molecule has 0 aliphatic rings. The zero-order valence-corrected chi connectivity index (χ0v) is 16.1. The van der Waals surface area contributed by atoms with Crippen molar-refractivity contribution < 1.29 is 9.36 Å². The van der Waals surface area contributed by atoms with Crippen molar-refractivity contribution in [2.45, 2.75) is 26.3 Å². The van der Waals surface area contributed by atoms with Gasteiger partial charge in [-0.15, -0.1) is 0 Å². The quantitative estimate of drug-likeness (QED) is 0.457. The molecule has 0 saturated heterocycles. The fraction of sp³-hybridized carbons (Fsp3) is 0.333. The van der Waals surface area contributed by atoms with E-state index in [0.717, 1.165) is 0 Å². The second-order valence-corrected chi connectivity index (χ2v) is 7.00. The number of nitrogens with one attached hydrogen (secondary N) is 1. The number of nitrogens with zero attached hydrogens (tertiary/aromatic N) is 6. The number of aryl methyl sites for hydroxylation is 1. The van der Waals surface area contributed by atoms with Crippen LogP contribution >= 0.6 is 22.6 Å². The molecule has 0 aliphatic heterocycles. The summed E-state index contributed by atoms with van der Waals surface area (Å²) in [5.41, 5.74) is 0.0446. The van der Waals surface area contributed by atoms with Crippen molar-refractivity contribution in [3.05, 3.63) is 44.5 Å². The minimum Gasteiger partial charge on any atom is -0.288 e. The number of halogens is 1. The number of carbonyl (C=O) groups is 1. The number of carbonyl (C=O) groups excluding carboxylic acids is 1. The Morgan fingerprint density at radius 3 is 2.80 bits per heavy atom. The first-order valence-corrected chi connectivity index (χ1v) is 8.70. The molecule has 3 rings (SSSR count). The smallest absolute Gasteiger partial charge is 0.288 e. The zero-order chi connectivity index (χ0) is 18.1. The van der Waals surface area contributed by atoms with E-state index in [2.05, 4.69) is 20.5 Å². The van der Waals surface area contributed by atoms with E-state index in [1.807, 2.05) is 43.5 Å². The van der Waals surface area contributed by atoms with Crippen LogP contribution in [0.25, 0.3) is 5.52 Å². The summed E-state index contributed by atoms with van der Waals surface area (Å²) in [7, 11) is 1.83. The number of hydrogen-bond donors (Lipinski definition) is 1. The summed E-state index contributed by atoms with van der Waals surface area (Å²) in [6.07, 6.45) is 3.35. The standard InChI is InChI=1S/C15H16IN7O2/c1-9(2)14-20-22(15(25)10-6-11(16)19-23(10)14)7-13(24)18-12-4-5-21(3)8-17-12/h4-6,8-9H,7H2,1-3H3/p+1. The van der Waals surface area contributed by atoms with Crippen LogP contribution in [0.4, 0.5) is 5.82 Å². The largest absolute Gasteiger partial charge is 0.293 e. The molecule has 3 heterocycles. The van der Waals surface area contributed by atoms with Gasteiger partial charge >= 0.3 is 0 Å². The van der Waals surface area contributed by atoms with Gasteiger partial charge in [0.2, 0.25) is 5.91 Å². The molecule has 9 nitrogen and oxygen atoms in total. The molecule has 0 radical (unpaired) electrons. The van der Waals surface area contributed by atoms with Gasteiger partial charge in [-0.1, -0.05) is 13.8 Å². The first-order chi connectivity index (χ1) is 11.8. The summed E-state index contributed by atoms with van der Waals surface area (Å²) < 4.78 is 5.16. The van der Waals surface area contributed by atoms with Crippen LogP contribution in [0.5, 0.6) is 0 Å². The average Bonchev–Trinajstić information content (AvgIpc) is 2.94. The molecule has 1 N–H and O–H groups in total. The minimum atomic E-state index is -0.371. The van der Waals surface area contributed by atoms with Crippen molar-refractivity contribution in [3.8, 4) is 0 Å². The SMILES string of the molecule is CC(C)c1nn(CC(=O)Nc2cc[n+](C)cn2)c(=O)c2cc(I)nn12. The maximum Gasteiger partial charge on any atom is 0.293 e. The van der Waals surface area contributed by atoms with Crippen LogP contribution in [0, 0.1) is 3.70 Å². The maximum atomic E-state index is 12.6. The Morgan fingerprint density at radius 2 is 2.16 bits per heavy atom. The van der Waals surface area contributed by atoms with Crippen molar-refractivity contribution in [2.24, 2.45) is 7.05 Å². The molecule has 0 bridgehead atoms. The predicted octanol–water partition coefficient (Wildman–Crippen LogP) is 0.477. The molecule has 0 atom stereocenters. The van der Waals surface area contributed by atoms with E-state index in [9.17, 15) is 9.59 Å². The van der Waals surface area contributed by atoms with Crippen LogP contribution in [0.3, 0.4) is 0 Å². The Bertz CT molecular complexity index is 992. The second kappa shape index (κ2) is 6.86. The summed E-state index contributed by atoms with van der Waals surface area (Å²) in [4.78, 5) is 28.9. The number of anilines is 1. The van der Waals surface area contributed by atoms with Crippen molar-refractivity contribution in [2.75, 3.05) is 5.32 Å². The fourth-order valence-corrected chi connectivity index (χ4v) is 2.82. The molecule has 0 saturated carbocycles. The Hall–Kier alpha value is -2.37. The van der Waals surface area contributed by atoms with E-state index < -0.39 is 0 Å². The van der Waals surface area contributed by atoms with Crippen LogP contribution in [0.15, 0.2) is 29.5 Å². The van der Waals surface area contributed by atoms with Gasteiger partial charge in [-0.3, -0.25) is 14.9 Å². The third kappa shape index (κ3) is 3.67. The van der Waals surface area contributed by atoms with E-state index in [1.54, 1.807) is 33.7 Å². The van der Waals surface area contributed by atoms with Crippen LogP contribution in [0.1, 0.15) is 25.6 Å². The normalized spacial score (nSPS) is 11.2. The van der Waals surface area contributed by atoms with E-state index in [0.29, 0.717) is 20.9 Å². The van der Waals surface area contributed by atoms with Crippen molar-refractivity contribution in [1.82, 2.24) is 24.4 Å². The Kier molecular flexibility index (Phi) is 4.79. The van der Waals surface area contributed by atoms with Crippen LogP contribution in [-0.4, -0.2) is 30.3 Å². The van der Waals surface area contributed by atoms with Gasteiger partial charge < -0.3 is 0 Å². The molecule has 1 amide bonds. The summed E-state index contributed by atoms with van der Waals surface area (Å²) >= 11 is 2.05. The summed E-state index contributed by atoms with van der Waals surface area (Å²) in [6, 6.07) is 3.36. The van der Waals surface area contributed by atoms with Crippen molar-refractivity contribution >= 4 is 39.8 Å². The number of amides is 1. The third-order valence-electron chi connectivity index (χ3n) is 3.50. The molecular formula is C15H17IN7O2+. The van der Waals surface area contributed by atoms with Gasteiger partial charge in [-0.25, -0.2) is 13.8 Å². The summed E-state index contributed by atoms with van der Waals surface area (Å²) in [5, 5.41) is 11.3. The summed E-state index contributed by atoms with van der Waals surface area (Å²) in [5.74, 6) is 0.712. The number of hydrogen-bond acceptors (Lipinski definition) is 5. The highest BCUT2D eigenvalue weighted by Gasteiger charge is 2.17. The van der Waals surface area contributed by atoms with Gasteiger partial charge in [-0.2, -0.15) is 10.2 Å². The average molecular weight is 454 g/mol. The summed E-state index contributed by atoms with van der Waals surface area (Å²) in [6.45, 7) is 3.72. The van der Waals surface area contributed by atoms with E-state index in [1.165, 1.54) is 4.68 Å². The monoisotopic (exact) mass is 454 g/mol. The molecule has 25 heavy (non-hydrogen) atoms. The lowest BCUT2D eigenvalue weighted by molar-refractivity contribution is -0.674. The molecule has 0 fully saturated rings. The van der Waals surface area contributed by atoms with E-state index in [4.69, 9.17) is 0 Å². The highest BCUT2D eigenvalue weighted by molar-refractivity contribution is 14.1.